The lowest BCUT2D eigenvalue weighted by atomic mass is 9.44. The van der Waals surface area contributed by atoms with Gasteiger partial charge in [-0.2, -0.15) is 0 Å². The molecule has 6 rings (SSSR count). The summed E-state index contributed by atoms with van der Waals surface area (Å²) in [4.78, 5) is 14.1. The van der Waals surface area contributed by atoms with E-state index in [9.17, 15) is 15.0 Å². The summed E-state index contributed by atoms with van der Waals surface area (Å²) in [5.74, 6) is 3.31. The van der Waals surface area contributed by atoms with E-state index in [1.807, 2.05) is 60.7 Å². The Morgan fingerprint density at radius 2 is 1.54 bits per heavy atom. The molecule has 4 fully saturated rings. The average molecular weight is 529 g/mol. The van der Waals surface area contributed by atoms with Gasteiger partial charge >= 0.3 is 0 Å². The molecule has 2 N–H and O–H groups in total. The van der Waals surface area contributed by atoms with Crippen molar-refractivity contribution in [3.05, 3.63) is 71.8 Å². The van der Waals surface area contributed by atoms with Crippen molar-refractivity contribution in [1.29, 1.82) is 0 Å². The van der Waals surface area contributed by atoms with Crippen molar-refractivity contribution in [2.45, 2.75) is 96.7 Å². The van der Waals surface area contributed by atoms with Crippen molar-refractivity contribution in [2.24, 2.45) is 46.3 Å². The van der Waals surface area contributed by atoms with Crippen LogP contribution < -0.4 is 0 Å². The second-order valence-corrected chi connectivity index (χ2v) is 14.4. The molecule has 2 aromatic carbocycles. The molecule has 4 aliphatic carbocycles. The van der Waals surface area contributed by atoms with E-state index < -0.39 is 5.60 Å². The standard InChI is InChI=1S/C36H48O3/c1-24(18-21-36(39,25-10-6-4-7-11-25)26-12-8-5-9-13-26)30-16-17-31-29-15-14-27-22-28(37)19-20-34(27,2)33(29)32(38)23-35(30,31)3/h4-13,24,27-31,33,37,39H,14-23H2,1-3H3/t24-,27+,28-,29+,30-,31+,33-,34+,35-/m1/s1. The summed E-state index contributed by atoms with van der Waals surface area (Å²) in [6, 6.07) is 20.3. The van der Waals surface area contributed by atoms with Crippen molar-refractivity contribution in [1.82, 2.24) is 0 Å². The van der Waals surface area contributed by atoms with E-state index >= 15 is 0 Å². The summed E-state index contributed by atoms with van der Waals surface area (Å²) in [6.07, 6.45) is 9.70. The number of rotatable bonds is 6. The van der Waals surface area contributed by atoms with Crippen molar-refractivity contribution >= 4 is 5.78 Å². The normalized spacial score (nSPS) is 38.9. The second kappa shape index (κ2) is 10.1. The maximum absolute atomic E-state index is 14.1. The summed E-state index contributed by atoms with van der Waals surface area (Å²) >= 11 is 0. The molecule has 9 atom stereocenters. The number of aliphatic hydroxyl groups is 2. The van der Waals surface area contributed by atoms with Gasteiger partial charge in [-0.25, -0.2) is 0 Å². The maximum Gasteiger partial charge on any atom is 0.137 e. The summed E-state index contributed by atoms with van der Waals surface area (Å²) in [5.41, 5.74) is 1.04. The molecule has 0 radical (unpaired) electrons. The third kappa shape index (κ3) is 4.43. The number of carbonyl (C=O) groups is 1. The average Bonchev–Trinajstić information content (AvgIpc) is 3.29. The number of hydrogen-bond acceptors (Lipinski definition) is 3. The number of hydrogen-bond donors (Lipinski definition) is 2. The summed E-state index contributed by atoms with van der Waals surface area (Å²) < 4.78 is 0. The van der Waals surface area contributed by atoms with Gasteiger partial charge < -0.3 is 10.2 Å². The van der Waals surface area contributed by atoms with Gasteiger partial charge in [0.2, 0.25) is 0 Å². The molecule has 0 aromatic heterocycles. The number of aliphatic hydroxyl groups excluding tert-OH is 1. The Hall–Kier alpha value is -1.97. The summed E-state index contributed by atoms with van der Waals surface area (Å²) in [5, 5.41) is 22.5. The highest BCUT2D eigenvalue weighted by Gasteiger charge is 2.63. The SMILES string of the molecule is C[C@H](CCC(O)(c1ccccc1)c1ccccc1)[C@H]1CC[C@H]2[C@@H]3CC[C@H]4C[C@H](O)CC[C@]4(C)[C@H]3C(=O)C[C@]12C. The Bertz CT molecular complexity index is 1120. The number of ketones is 1. The molecule has 0 heterocycles. The van der Waals surface area contributed by atoms with Gasteiger partial charge in [0.05, 0.1) is 6.10 Å². The van der Waals surface area contributed by atoms with Crippen LogP contribution in [0.25, 0.3) is 0 Å². The molecule has 3 heteroatoms. The van der Waals surface area contributed by atoms with Gasteiger partial charge in [0.15, 0.2) is 0 Å². The molecule has 210 valence electrons. The third-order valence-electron chi connectivity index (χ3n) is 12.5. The predicted molar refractivity (Wildman–Crippen MR) is 156 cm³/mol. The quantitative estimate of drug-likeness (QED) is 0.407. The van der Waals surface area contributed by atoms with Gasteiger partial charge in [0.25, 0.3) is 0 Å². The molecule has 0 saturated heterocycles. The summed E-state index contributed by atoms with van der Waals surface area (Å²) in [6.45, 7) is 7.22. The first-order valence-electron chi connectivity index (χ1n) is 15.7. The van der Waals surface area contributed by atoms with E-state index in [0.29, 0.717) is 41.8 Å². The maximum atomic E-state index is 14.1. The van der Waals surface area contributed by atoms with E-state index in [1.165, 1.54) is 19.3 Å². The van der Waals surface area contributed by atoms with Gasteiger partial charge in [-0.05, 0) is 109 Å². The Labute approximate surface area is 235 Å². The van der Waals surface area contributed by atoms with Gasteiger partial charge in [-0.15, -0.1) is 0 Å². The van der Waals surface area contributed by atoms with Crippen molar-refractivity contribution in [2.75, 3.05) is 0 Å². The molecule has 39 heavy (non-hydrogen) atoms. The molecule has 0 bridgehead atoms. The first-order valence-corrected chi connectivity index (χ1v) is 15.7. The molecule has 2 aromatic rings. The molecular formula is C36H48O3. The smallest absolute Gasteiger partial charge is 0.137 e. The minimum atomic E-state index is -1.01. The fraction of sp³-hybridized carbons (Fsp3) is 0.639. The zero-order valence-corrected chi connectivity index (χ0v) is 24.2. The highest BCUT2D eigenvalue weighted by atomic mass is 16.3. The second-order valence-electron chi connectivity index (χ2n) is 14.4. The van der Waals surface area contributed by atoms with Crippen LogP contribution in [0.5, 0.6) is 0 Å². The molecule has 3 nitrogen and oxygen atoms in total. The van der Waals surface area contributed by atoms with Crippen LogP contribution in [0.15, 0.2) is 60.7 Å². The highest BCUT2D eigenvalue weighted by Crippen LogP contribution is 2.67. The lowest BCUT2D eigenvalue weighted by Gasteiger charge is -2.60. The fourth-order valence-electron chi connectivity index (χ4n) is 10.5. The lowest BCUT2D eigenvalue weighted by Crippen LogP contribution is -2.58. The minimum absolute atomic E-state index is 0.0622. The Kier molecular flexibility index (Phi) is 7.08. The topological polar surface area (TPSA) is 57.5 Å². The van der Waals surface area contributed by atoms with Crippen LogP contribution in [0.4, 0.5) is 0 Å². The largest absolute Gasteiger partial charge is 0.393 e. The van der Waals surface area contributed by atoms with Crippen LogP contribution in [-0.2, 0) is 10.4 Å². The molecule has 0 spiro atoms. The van der Waals surface area contributed by atoms with Gasteiger partial charge in [0, 0.05) is 12.3 Å². The fourth-order valence-corrected chi connectivity index (χ4v) is 10.5. The minimum Gasteiger partial charge on any atom is -0.393 e. The molecule has 4 saturated carbocycles. The molecule has 0 aliphatic heterocycles. The molecule has 0 unspecified atom stereocenters. The van der Waals surface area contributed by atoms with Gasteiger partial charge in [0.1, 0.15) is 11.4 Å². The highest BCUT2D eigenvalue weighted by molar-refractivity contribution is 5.84. The van der Waals surface area contributed by atoms with Crippen LogP contribution in [-0.4, -0.2) is 22.1 Å². The summed E-state index contributed by atoms with van der Waals surface area (Å²) in [7, 11) is 0. The number of benzene rings is 2. The van der Waals surface area contributed by atoms with Crippen molar-refractivity contribution in [3.8, 4) is 0 Å². The van der Waals surface area contributed by atoms with Crippen LogP contribution in [0, 0.1) is 46.3 Å². The zero-order valence-electron chi connectivity index (χ0n) is 24.2. The van der Waals surface area contributed by atoms with Gasteiger partial charge in [-0.3, -0.25) is 4.79 Å². The van der Waals surface area contributed by atoms with Crippen molar-refractivity contribution in [3.63, 3.8) is 0 Å². The van der Waals surface area contributed by atoms with Crippen LogP contribution in [0.2, 0.25) is 0 Å². The number of fused-ring (bicyclic) bond motifs is 5. The molecular weight excluding hydrogens is 480 g/mol. The van der Waals surface area contributed by atoms with E-state index in [1.54, 1.807) is 0 Å². The zero-order chi connectivity index (χ0) is 27.4. The van der Waals surface area contributed by atoms with E-state index in [2.05, 4.69) is 20.8 Å². The predicted octanol–water partition coefficient (Wildman–Crippen LogP) is 7.54. The van der Waals surface area contributed by atoms with Gasteiger partial charge in [-0.1, -0.05) is 81.4 Å². The van der Waals surface area contributed by atoms with Crippen LogP contribution in [0.3, 0.4) is 0 Å². The Balaban J connectivity index is 1.22. The van der Waals surface area contributed by atoms with Crippen LogP contribution in [0.1, 0.15) is 96.1 Å². The molecule has 0 amide bonds. The van der Waals surface area contributed by atoms with Crippen molar-refractivity contribution < 1.29 is 15.0 Å². The Morgan fingerprint density at radius 1 is 0.897 bits per heavy atom. The van der Waals surface area contributed by atoms with E-state index in [0.717, 1.165) is 49.7 Å². The number of Topliss-reactive ketones (excluding diaryl/α,β-unsaturated/α-hetero) is 1. The van der Waals surface area contributed by atoms with E-state index in [4.69, 9.17) is 0 Å². The monoisotopic (exact) mass is 528 g/mol. The Morgan fingerprint density at radius 3 is 2.18 bits per heavy atom. The first-order chi connectivity index (χ1) is 18.7. The number of carbonyl (C=O) groups excluding carboxylic acids is 1. The van der Waals surface area contributed by atoms with E-state index in [-0.39, 0.29) is 22.9 Å². The molecule has 4 aliphatic rings. The lowest BCUT2D eigenvalue weighted by molar-refractivity contribution is -0.162. The third-order valence-corrected chi connectivity index (χ3v) is 12.5. The van der Waals surface area contributed by atoms with Crippen LogP contribution >= 0.6 is 0 Å². The first kappa shape index (κ1) is 27.2.